The van der Waals surface area contributed by atoms with E-state index < -0.39 is 34.4 Å². The fraction of sp³-hybridized carbons (Fsp3) is 0.867. The highest BCUT2D eigenvalue weighted by Gasteiger charge is 2.49. The molecule has 0 aromatic carbocycles. The molecule has 4 atom stereocenters. The van der Waals surface area contributed by atoms with E-state index in [0.717, 1.165) is 26.1 Å². The summed E-state index contributed by atoms with van der Waals surface area (Å²) in [6.45, 7) is 3.57. The molecular formula is C15H25N5O8S. The van der Waals surface area contributed by atoms with E-state index in [2.05, 4.69) is 20.0 Å². The number of rotatable bonds is 7. The summed E-state index contributed by atoms with van der Waals surface area (Å²) >= 11 is 0. The highest BCUT2D eigenvalue weighted by atomic mass is 32.3. The number of hydrogen-bond donors (Lipinski definition) is 3. The number of urea groups is 1. The summed E-state index contributed by atoms with van der Waals surface area (Å²) in [6, 6.07) is -1.63. The molecule has 4 rings (SSSR count). The Morgan fingerprint density at radius 3 is 2.90 bits per heavy atom. The van der Waals surface area contributed by atoms with Crippen LogP contribution >= 0.6 is 0 Å². The minimum absolute atomic E-state index is 0.101. The van der Waals surface area contributed by atoms with E-state index in [1.807, 2.05) is 0 Å². The Morgan fingerprint density at radius 2 is 2.17 bits per heavy atom. The van der Waals surface area contributed by atoms with Crippen LogP contribution in [0.3, 0.4) is 0 Å². The van der Waals surface area contributed by atoms with Gasteiger partial charge in [-0.05, 0) is 19.3 Å². The molecule has 164 valence electrons. The smallest absolute Gasteiger partial charge is 0.365 e. The van der Waals surface area contributed by atoms with Crippen LogP contribution in [-0.2, 0) is 29.1 Å². The summed E-state index contributed by atoms with van der Waals surface area (Å²) in [7, 11) is -4.82. The Bertz CT molecular complexity index is 745. The largest absolute Gasteiger partial charge is 0.418 e. The van der Waals surface area contributed by atoms with E-state index in [-0.39, 0.29) is 19.2 Å². The third-order valence-electron chi connectivity index (χ3n) is 5.75. The SMILES string of the molecule is O=C(NOC[C@H]1C[C@H](N2CCOC2)CN1)[C@@H]1CC[C@@H]2CN1C(=O)N2OS(=O)(=O)O. The lowest BCUT2D eigenvalue weighted by Gasteiger charge is -2.29. The maximum absolute atomic E-state index is 12.5. The van der Waals surface area contributed by atoms with E-state index in [0.29, 0.717) is 30.7 Å². The Hall–Kier alpha value is -1.55. The topological polar surface area (TPSA) is 150 Å². The summed E-state index contributed by atoms with van der Waals surface area (Å²) < 4.78 is 40.4. The van der Waals surface area contributed by atoms with Crippen molar-refractivity contribution in [3.63, 3.8) is 0 Å². The highest BCUT2D eigenvalue weighted by molar-refractivity contribution is 7.80. The zero-order valence-corrected chi connectivity index (χ0v) is 16.5. The van der Waals surface area contributed by atoms with Gasteiger partial charge in [0.25, 0.3) is 5.91 Å². The van der Waals surface area contributed by atoms with E-state index in [9.17, 15) is 18.0 Å². The van der Waals surface area contributed by atoms with Crippen molar-refractivity contribution in [1.29, 1.82) is 0 Å². The molecule has 0 aromatic rings. The second-order valence-corrected chi connectivity index (χ2v) is 8.64. The van der Waals surface area contributed by atoms with Crippen LogP contribution in [0, 0.1) is 0 Å². The zero-order valence-electron chi connectivity index (χ0n) is 15.7. The molecule has 3 N–H and O–H groups in total. The first kappa shape index (κ1) is 20.7. The first-order valence-corrected chi connectivity index (χ1v) is 10.9. The number of ether oxygens (including phenoxy) is 1. The monoisotopic (exact) mass is 435 g/mol. The number of nitrogens with one attached hydrogen (secondary N) is 2. The molecule has 4 aliphatic rings. The molecule has 0 aliphatic carbocycles. The van der Waals surface area contributed by atoms with Crippen LogP contribution in [0.5, 0.6) is 0 Å². The number of carbonyl (C=O) groups is 2. The quantitative estimate of drug-likeness (QED) is 0.304. The van der Waals surface area contributed by atoms with Crippen LogP contribution in [-0.4, -0.2) is 104 Å². The second-order valence-electron chi connectivity index (χ2n) is 7.63. The van der Waals surface area contributed by atoms with Crippen molar-refractivity contribution in [1.82, 2.24) is 25.7 Å². The van der Waals surface area contributed by atoms with Gasteiger partial charge in [-0.1, -0.05) is 0 Å². The number of amides is 3. The van der Waals surface area contributed by atoms with Crippen LogP contribution in [0.25, 0.3) is 0 Å². The lowest BCUT2D eigenvalue weighted by Crippen LogP contribution is -2.50. The molecule has 2 bridgehead atoms. The van der Waals surface area contributed by atoms with Crippen molar-refractivity contribution < 1.29 is 36.4 Å². The first-order valence-electron chi connectivity index (χ1n) is 9.55. The van der Waals surface area contributed by atoms with Gasteiger partial charge < -0.3 is 15.0 Å². The van der Waals surface area contributed by atoms with Gasteiger partial charge in [0.05, 0.1) is 26.0 Å². The summed E-state index contributed by atoms with van der Waals surface area (Å²) in [5, 5.41) is 3.96. The zero-order chi connectivity index (χ0) is 20.6. The van der Waals surface area contributed by atoms with Crippen LogP contribution < -0.4 is 10.8 Å². The van der Waals surface area contributed by atoms with Gasteiger partial charge in [-0.2, -0.15) is 13.5 Å². The average Bonchev–Trinajstić information content (AvgIpc) is 3.39. The summed E-state index contributed by atoms with van der Waals surface area (Å²) in [4.78, 5) is 33.6. The molecule has 4 heterocycles. The molecule has 0 saturated carbocycles. The minimum Gasteiger partial charge on any atom is -0.365 e. The van der Waals surface area contributed by atoms with Crippen LogP contribution in [0.1, 0.15) is 19.3 Å². The fourth-order valence-corrected chi connectivity index (χ4v) is 4.69. The van der Waals surface area contributed by atoms with Gasteiger partial charge in [0.1, 0.15) is 6.04 Å². The molecule has 0 radical (unpaired) electrons. The van der Waals surface area contributed by atoms with E-state index in [1.54, 1.807) is 0 Å². The van der Waals surface area contributed by atoms with Gasteiger partial charge in [0.15, 0.2) is 0 Å². The maximum atomic E-state index is 12.5. The summed E-state index contributed by atoms with van der Waals surface area (Å²) in [6.07, 6.45) is 1.58. The van der Waals surface area contributed by atoms with Crippen molar-refractivity contribution in [2.24, 2.45) is 0 Å². The van der Waals surface area contributed by atoms with Crippen LogP contribution in [0.2, 0.25) is 0 Å². The average molecular weight is 435 g/mol. The molecule has 0 spiro atoms. The molecule has 4 saturated heterocycles. The van der Waals surface area contributed by atoms with Gasteiger partial charge in [-0.3, -0.25) is 19.1 Å². The van der Waals surface area contributed by atoms with Crippen LogP contribution in [0.4, 0.5) is 4.79 Å². The Kier molecular flexibility index (Phi) is 5.92. The number of fused-ring (bicyclic) bond motifs is 2. The normalized spacial score (nSPS) is 32.9. The number of hydroxylamine groups is 3. The Balaban J connectivity index is 1.23. The molecule has 0 unspecified atom stereocenters. The Morgan fingerprint density at radius 1 is 1.34 bits per heavy atom. The lowest BCUT2D eigenvalue weighted by atomic mass is 10.0. The number of nitrogens with zero attached hydrogens (tertiary/aromatic N) is 3. The van der Waals surface area contributed by atoms with Gasteiger partial charge in [0.2, 0.25) is 0 Å². The van der Waals surface area contributed by atoms with Gasteiger partial charge in [-0.15, -0.1) is 4.28 Å². The molecule has 4 aliphatic heterocycles. The minimum atomic E-state index is -4.82. The van der Waals surface area contributed by atoms with Gasteiger partial charge >= 0.3 is 16.4 Å². The van der Waals surface area contributed by atoms with Crippen molar-refractivity contribution in [2.75, 3.05) is 39.6 Å². The molecule has 3 amide bonds. The molecular weight excluding hydrogens is 410 g/mol. The standard InChI is InChI=1S/C15H25N5O8S/c21-14(17-27-8-10-5-12(6-16-10)18-3-4-26-9-18)13-2-1-11-7-19(13)15(22)20(11)28-29(23,24)25/h10-13,16H,1-9H2,(H,17,21)(H,23,24,25)/t10-,11-,12+,13+/m1/s1. The maximum Gasteiger partial charge on any atom is 0.418 e. The summed E-state index contributed by atoms with van der Waals surface area (Å²) in [5.74, 6) is -0.479. The van der Waals surface area contributed by atoms with Gasteiger partial charge in [-0.25, -0.2) is 10.3 Å². The molecule has 13 nitrogen and oxygen atoms in total. The molecule has 0 aromatic heterocycles. The van der Waals surface area contributed by atoms with Crippen molar-refractivity contribution in [3.05, 3.63) is 0 Å². The lowest BCUT2D eigenvalue weighted by molar-refractivity contribution is -0.139. The molecule has 4 fully saturated rings. The predicted molar refractivity (Wildman–Crippen MR) is 95.2 cm³/mol. The number of piperidine rings is 1. The number of carbonyl (C=O) groups excluding carboxylic acids is 2. The van der Waals surface area contributed by atoms with Crippen molar-refractivity contribution in [2.45, 2.75) is 43.4 Å². The van der Waals surface area contributed by atoms with Crippen molar-refractivity contribution in [3.8, 4) is 0 Å². The Labute approximate surface area is 168 Å². The van der Waals surface area contributed by atoms with E-state index >= 15 is 0 Å². The number of hydrogen-bond acceptors (Lipinski definition) is 9. The third kappa shape index (κ3) is 4.63. The second kappa shape index (κ2) is 8.29. The van der Waals surface area contributed by atoms with E-state index in [1.165, 1.54) is 4.90 Å². The van der Waals surface area contributed by atoms with Gasteiger partial charge in [0, 0.05) is 31.7 Å². The highest BCUT2D eigenvalue weighted by Crippen LogP contribution is 2.30. The van der Waals surface area contributed by atoms with Crippen molar-refractivity contribution >= 4 is 22.3 Å². The summed E-state index contributed by atoms with van der Waals surface area (Å²) in [5.41, 5.74) is 2.39. The first-order chi connectivity index (χ1) is 13.8. The predicted octanol–water partition coefficient (Wildman–Crippen LogP) is -1.94. The van der Waals surface area contributed by atoms with Crippen LogP contribution in [0.15, 0.2) is 0 Å². The fourth-order valence-electron chi connectivity index (χ4n) is 4.30. The molecule has 14 heteroatoms. The third-order valence-corrected chi connectivity index (χ3v) is 6.10. The molecule has 29 heavy (non-hydrogen) atoms. The van der Waals surface area contributed by atoms with E-state index in [4.69, 9.17) is 14.1 Å².